The van der Waals surface area contributed by atoms with Crippen LogP contribution in [0.15, 0.2) is 109 Å². The molecule has 2 aromatic heterocycles. The van der Waals surface area contributed by atoms with E-state index in [0.717, 1.165) is 0 Å². The lowest BCUT2D eigenvalue weighted by Crippen LogP contribution is -2.17. The molecule has 6 aromatic rings. The van der Waals surface area contributed by atoms with Crippen molar-refractivity contribution in [2.24, 2.45) is 0 Å². The van der Waals surface area contributed by atoms with Crippen molar-refractivity contribution in [1.82, 2.24) is 9.32 Å². The van der Waals surface area contributed by atoms with Gasteiger partial charge in [0.2, 0.25) is 0 Å². The van der Waals surface area contributed by atoms with Gasteiger partial charge < -0.3 is 9.32 Å². The molecule has 3 heteroatoms. The van der Waals surface area contributed by atoms with Crippen LogP contribution in [0.1, 0.15) is 11.1 Å². The number of aromatic nitrogens is 2. The van der Waals surface area contributed by atoms with Gasteiger partial charge in [0.1, 0.15) is 0 Å². The molecule has 0 saturated heterocycles. The van der Waals surface area contributed by atoms with Gasteiger partial charge in [-0.3, -0.25) is 0 Å². The molecule has 0 amide bonds. The first-order chi connectivity index (χ1) is 16.2. The molecule has 1 N–H and O–H groups in total. The first-order valence-corrected chi connectivity index (χ1v) is 12.6. The highest BCUT2D eigenvalue weighted by atomic mass is 31.1. The first-order valence-electron chi connectivity index (χ1n) is 11.3. The molecule has 4 aromatic carbocycles. The molecule has 0 bridgehead atoms. The van der Waals surface area contributed by atoms with Crippen LogP contribution < -0.4 is 10.6 Å². The smallest absolute Gasteiger partial charge is 0.0728 e. The van der Waals surface area contributed by atoms with Crippen molar-refractivity contribution in [2.45, 2.75) is 13.8 Å². The van der Waals surface area contributed by atoms with Crippen molar-refractivity contribution < 1.29 is 0 Å². The van der Waals surface area contributed by atoms with Gasteiger partial charge in [0.15, 0.2) is 0 Å². The van der Waals surface area contributed by atoms with Gasteiger partial charge in [-0.1, -0.05) is 97.1 Å². The summed E-state index contributed by atoms with van der Waals surface area (Å²) >= 11 is 0. The number of benzene rings is 4. The highest BCUT2D eigenvalue weighted by Crippen LogP contribution is 2.47. The summed E-state index contributed by atoms with van der Waals surface area (Å²) in [4.78, 5) is 3.77. The Balaban J connectivity index is 1.74. The van der Waals surface area contributed by atoms with E-state index in [1.807, 2.05) is 0 Å². The highest BCUT2D eigenvalue weighted by molar-refractivity contribution is 7.71. The fourth-order valence-electron chi connectivity index (χ4n) is 4.92. The Hall–Kier alpha value is -3.61. The second-order valence-electron chi connectivity index (χ2n) is 8.46. The van der Waals surface area contributed by atoms with Crippen LogP contribution >= 0.6 is 8.07 Å². The van der Waals surface area contributed by atoms with E-state index in [-0.39, 0.29) is 0 Å². The van der Waals surface area contributed by atoms with Gasteiger partial charge in [-0.25, -0.2) is 0 Å². The van der Waals surface area contributed by atoms with Crippen LogP contribution in [0.25, 0.3) is 33.2 Å². The summed E-state index contributed by atoms with van der Waals surface area (Å²) in [5.74, 6) is 0. The molecule has 0 spiro atoms. The number of fused-ring (bicyclic) bond motifs is 2. The predicted molar refractivity (Wildman–Crippen MR) is 143 cm³/mol. The molecule has 2 heterocycles. The molecule has 0 unspecified atom stereocenters. The molecule has 0 atom stereocenters. The highest BCUT2D eigenvalue weighted by Gasteiger charge is 2.26. The molecule has 0 aliphatic heterocycles. The SMILES string of the molecule is Cc1c(-c2c(C)c3ccccc3n2P(c2ccccc2)c2ccccc2)[nH]c2ccccc12. The maximum absolute atomic E-state index is 3.77. The third-order valence-electron chi connectivity index (χ3n) is 6.51. The Morgan fingerprint density at radius 3 is 1.76 bits per heavy atom. The second kappa shape index (κ2) is 8.06. The van der Waals surface area contributed by atoms with E-state index < -0.39 is 8.07 Å². The summed E-state index contributed by atoms with van der Waals surface area (Å²) < 4.78 is 2.60. The van der Waals surface area contributed by atoms with E-state index in [2.05, 4.69) is 132 Å². The first kappa shape index (κ1) is 20.0. The summed E-state index contributed by atoms with van der Waals surface area (Å²) in [5.41, 5.74) is 7.58. The monoisotopic (exact) mass is 444 g/mol. The number of nitrogens with zero attached hydrogens (tertiary/aromatic N) is 1. The van der Waals surface area contributed by atoms with E-state index in [1.54, 1.807) is 0 Å². The number of hydrogen-bond donors (Lipinski definition) is 1. The van der Waals surface area contributed by atoms with Crippen LogP contribution in [0.4, 0.5) is 0 Å². The van der Waals surface area contributed by atoms with Crippen molar-refractivity contribution in [3.8, 4) is 11.4 Å². The molecule has 0 fully saturated rings. The Bertz CT molecular complexity index is 1540. The second-order valence-corrected chi connectivity index (χ2v) is 10.5. The number of aryl methyl sites for hydroxylation is 2. The number of H-pyrrole nitrogens is 1. The summed E-state index contributed by atoms with van der Waals surface area (Å²) in [7, 11) is -0.814. The minimum absolute atomic E-state index is 0.814. The normalized spacial score (nSPS) is 11.6. The average molecular weight is 445 g/mol. The van der Waals surface area contributed by atoms with E-state index in [4.69, 9.17) is 0 Å². The number of hydrogen-bond acceptors (Lipinski definition) is 0. The number of nitrogens with one attached hydrogen (secondary N) is 1. The van der Waals surface area contributed by atoms with Crippen LogP contribution in [0.3, 0.4) is 0 Å². The predicted octanol–water partition coefficient (Wildman–Crippen LogP) is 7.30. The lowest BCUT2D eigenvalue weighted by Gasteiger charge is -2.24. The molecular formula is C30H25N2P. The van der Waals surface area contributed by atoms with Crippen LogP contribution in [0, 0.1) is 13.8 Å². The maximum atomic E-state index is 3.77. The Morgan fingerprint density at radius 2 is 1.12 bits per heavy atom. The molecule has 0 aliphatic rings. The molecule has 0 aliphatic carbocycles. The molecule has 0 radical (unpaired) electrons. The van der Waals surface area contributed by atoms with Gasteiger partial charge in [-0.05, 0) is 37.1 Å². The van der Waals surface area contributed by atoms with Gasteiger partial charge in [0.25, 0.3) is 0 Å². The van der Waals surface area contributed by atoms with Crippen molar-refractivity contribution in [2.75, 3.05) is 0 Å². The topological polar surface area (TPSA) is 20.7 Å². The van der Waals surface area contributed by atoms with Gasteiger partial charge in [-0.2, -0.15) is 0 Å². The quantitative estimate of drug-likeness (QED) is 0.275. The fraction of sp³-hybridized carbons (Fsp3) is 0.0667. The summed E-state index contributed by atoms with van der Waals surface area (Å²) in [6.07, 6.45) is 0. The van der Waals surface area contributed by atoms with E-state index in [9.17, 15) is 0 Å². The summed E-state index contributed by atoms with van der Waals surface area (Å²) in [6, 6.07) is 39.3. The van der Waals surface area contributed by atoms with Gasteiger partial charge in [-0.15, -0.1) is 0 Å². The minimum Gasteiger partial charge on any atom is -0.353 e. The van der Waals surface area contributed by atoms with E-state index in [1.165, 1.54) is 54.9 Å². The van der Waals surface area contributed by atoms with Crippen molar-refractivity contribution in [3.63, 3.8) is 0 Å². The zero-order valence-electron chi connectivity index (χ0n) is 18.8. The zero-order valence-corrected chi connectivity index (χ0v) is 19.7. The third-order valence-corrected chi connectivity index (χ3v) is 8.90. The van der Waals surface area contributed by atoms with Crippen molar-refractivity contribution in [3.05, 3.63) is 120 Å². The molecular weight excluding hydrogens is 419 g/mol. The Labute approximate surface area is 195 Å². The number of para-hydroxylation sites is 2. The number of aromatic amines is 1. The largest absolute Gasteiger partial charge is 0.353 e. The fourth-order valence-corrected chi connectivity index (χ4v) is 7.43. The lowest BCUT2D eigenvalue weighted by atomic mass is 10.1. The molecule has 2 nitrogen and oxygen atoms in total. The Kier molecular flexibility index (Phi) is 4.89. The van der Waals surface area contributed by atoms with Gasteiger partial charge in [0.05, 0.1) is 25.0 Å². The van der Waals surface area contributed by atoms with E-state index >= 15 is 0 Å². The minimum atomic E-state index is -0.814. The summed E-state index contributed by atoms with van der Waals surface area (Å²) in [5, 5.41) is 5.28. The van der Waals surface area contributed by atoms with Gasteiger partial charge in [0, 0.05) is 26.9 Å². The van der Waals surface area contributed by atoms with Crippen molar-refractivity contribution >= 4 is 40.5 Å². The third kappa shape index (κ3) is 3.22. The zero-order chi connectivity index (χ0) is 22.4. The van der Waals surface area contributed by atoms with Gasteiger partial charge >= 0.3 is 0 Å². The van der Waals surface area contributed by atoms with Crippen LogP contribution in [-0.4, -0.2) is 9.32 Å². The molecule has 160 valence electrons. The maximum Gasteiger partial charge on any atom is 0.0728 e. The lowest BCUT2D eigenvalue weighted by molar-refractivity contribution is 1.25. The molecule has 0 saturated carbocycles. The molecule has 6 rings (SSSR count). The number of rotatable bonds is 4. The standard InChI is InChI=1S/C30H25N2P/c1-21-25-17-9-11-19-27(25)31-29(21)30-22(2)26-18-10-12-20-28(26)32(30)33(23-13-5-3-6-14-23)24-15-7-4-8-16-24/h3-20,31H,1-2H3. The summed E-state index contributed by atoms with van der Waals surface area (Å²) in [6.45, 7) is 4.51. The average Bonchev–Trinajstić information content (AvgIpc) is 3.35. The van der Waals surface area contributed by atoms with Crippen LogP contribution in [-0.2, 0) is 0 Å². The molecule has 33 heavy (non-hydrogen) atoms. The Morgan fingerprint density at radius 1 is 0.576 bits per heavy atom. The van der Waals surface area contributed by atoms with Crippen LogP contribution in [0.2, 0.25) is 0 Å². The van der Waals surface area contributed by atoms with Crippen LogP contribution in [0.5, 0.6) is 0 Å². The van der Waals surface area contributed by atoms with Crippen molar-refractivity contribution in [1.29, 1.82) is 0 Å². The van der Waals surface area contributed by atoms with E-state index in [0.29, 0.717) is 0 Å².